The van der Waals surface area contributed by atoms with Crippen LogP contribution in [0.25, 0.3) is 0 Å². The molecular weight excluding hydrogens is 288 g/mol. The molecule has 0 spiro atoms. The first-order valence-electron chi connectivity index (χ1n) is 9.03. The van der Waals surface area contributed by atoms with Gasteiger partial charge in [0.1, 0.15) is 6.10 Å². The highest BCUT2D eigenvalue weighted by Gasteiger charge is 2.50. The van der Waals surface area contributed by atoms with Crippen LogP contribution < -0.4 is 0 Å². The number of hydrogen-bond donors (Lipinski definition) is 2. The molecule has 0 saturated heterocycles. The van der Waals surface area contributed by atoms with Crippen molar-refractivity contribution in [3.05, 3.63) is 23.8 Å². The van der Waals surface area contributed by atoms with Crippen LogP contribution in [0.3, 0.4) is 0 Å². The molecular formula is C20H34O3. The monoisotopic (exact) mass is 322 g/mol. The molecule has 132 valence electrons. The van der Waals surface area contributed by atoms with Gasteiger partial charge in [-0.25, -0.2) is 4.89 Å². The lowest BCUT2D eigenvalue weighted by Gasteiger charge is -2.40. The molecule has 2 rings (SSSR count). The second-order valence-electron chi connectivity index (χ2n) is 8.64. The van der Waals surface area contributed by atoms with Gasteiger partial charge in [0.15, 0.2) is 0 Å². The van der Waals surface area contributed by atoms with Crippen molar-refractivity contribution >= 4 is 0 Å². The molecule has 0 radical (unpaired) electrons. The number of aliphatic hydroxyl groups is 1. The number of fused-ring (bicyclic) bond motifs is 1. The smallest absolute Gasteiger partial charge is 0.114 e. The maximum atomic E-state index is 10.6. The summed E-state index contributed by atoms with van der Waals surface area (Å²) in [6, 6.07) is 0. The van der Waals surface area contributed by atoms with Gasteiger partial charge >= 0.3 is 0 Å². The molecule has 1 fully saturated rings. The quantitative estimate of drug-likeness (QED) is 0.422. The van der Waals surface area contributed by atoms with Crippen molar-refractivity contribution in [2.24, 2.45) is 17.3 Å². The summed E-state index contributed by atoms with van der Waals surface area (Å²) in [6.45, 7) is 12.5. The average Bonchev–Trinajstić information content (AvgIpc) is 2.78. The van der Waals surface area contributed by atoms with Crippen LogP contribution in [0.15, 0.2) is 23.8 Å². The van der Waals surface area contributed by atoms with Crippen LogP contribution in [0.1, 0.15) is 72.6 Å². The first-order valence-corrected chi connectivity index (χ1v) is 9.03. The molecule has 4 atom stereocenters. The standard InChI is InChI=1S/C20H34O3/c1-14-7-6-8-15(2)18(23-22)13-20(5)12-11-16(19(3,4)21)17(20)10-9-14/h7,16-18,21-22H,2,6,8-13H2,1,3-5H3/t16-,17+,18+,20-/m1/s1. The van der Waals surface area contributed by atoms with Gasteiger partial charge in [-0.1, -0.05) is 25.2 Å². The minimum Gasteiger partial charge on any atom is -0.390 e. The summed E-state index contributed by atoms with van der Waals surface area (Å²) in [4.78, 5) is 4.81. The Bertz CT molecular complexity index is 460. The van der Waals surface area contributed by atoms with Gasteiger partial charge in [0, 0.05) is 0 Å². The third-order valence-electron chi connectivity index (χ3n) is 6.36. The van der Waals surface area contributed by atoms with Crippen molar-refractivity contribution < 1.29 is 15.3 Å². The minimum atomic E-state index is -0.660. The fraction of sp³-hybridized carbons (Fsp3) is 0.800. The van der Waals surface area contributed by atoms with Gasteiger partial charge in [-0.05, 0) is 88.5 Å². The summed E-state index contributed by atoms with van der Waals surface area (Å²) < 4.78 is 0. The molecule has 1 saturated carbocycles. The Hall–Kier alpha value is -0.640. The van der Waals surface area contributed by atoms with Gasteiger partial charge in [-0.2, -0.15) is 0 Å². The van der Waals surface area contributed by atoms with Crippen molar-refractivity contribution in [2.45, 2.75) is 84.3 Å². The molecule has 0 bridgehead atoms. The fourth-order valence-electron chi connectivity index (χ4n) is 4.84. The fourth-order valence-corrected chi connectivity index (χ4v) is 4.84. The van der Waals surface area contributed by atoms with Crippen LogP contribution in [-0.4, -0.2) is 22.1 Å². The Morgan fingerprint density at radius 2 is 2.00 bits per heavy atom. The van der Waals surface area contributed by atoms with E-state index in [2.05, 4.69) is 26.5 Å². The summed E-state index contributed by atoms with van der Waals surface area (Å²) in [5, 5.41) is 20.0. The molecule has 0 aromatic carbocycles. The summed E-state index contributed by atoms with van der Waals surface area (Å²) >= 11 is 0. The lowest BCUT2D eigenvalue weighted by Crippen LogP contribution is -2.39. The first kappa shape index (κ1) is 18.7. The van der Waals surface area contributed by atoms with E-state index >= 15 is 0 Å². The highest BCUT2D eigenvalue weighted by Crippen LogP contribution is 2.55. The van der Waals surface area contributed by atoms with E-state index in [-0.39, 0.29) is 11.5 Å². The third-order valence-corrected chi connectivity index (χ3v) is 6.36. The van der Waals surface area contributed by atoms with Crippen molar-refractivity contribution in [1.82, 2.24) is 0 Å². The van der Waals surface area contributed by atoms with E-state index < -0.39 is 5.60 Å². The summed E-state index contributed by atoms with van der Waals surface area (Å²) in [7, 11) is 0. The maximum Gasteiger partial charge on any atom is 0.114 e. The molecule has 0 heterocycles. The number of rotatable bonds is 2. The molecule has 3 heteroatoms. The van der Waals surface area contributed by atoms with E-state index in [0.717, 1.165) is 50.5 Å². The predicted octanol–water partition coefficient (Wildman–Crippen LogP) is 5.11. The van der Waals surface area contributed by atoms with Crippen LogP contribution in [0.5, 0.6) is 0 Å². The van der Waals surface area contributed by atoms with Gasteiger partial charge in [0.05, 0.1) is 5.60 Å². The second kappa shape index (κ2) is 7.08. The predicted molar refractivity (Wildman–Crippen MR) is 94.1 cm³/mol. The van der Waals surface area contributed by atoms with Crippen LogP contribution >= 0.6 is 0 Å². The van der Waals surface area contributed by atoms with Crippen molar-refractivity contribution in [3.63, 3.8) is 0 Å². The topological polar surface area (TPSA) is 49.7 Å². The minimum absolute atomic E-state index is 0.0750. The zero-order chi connectivity index (χ0) is 17.3. The number of allylic oxidation sites excluding steroid dienone is 2. The zero-order valence-corrected chi connectivity index (χ0v) is 15.3. The zero-order valence-electron chi connectivity index (χ0n) is 15.3. The highest BCUT2D eigenvalue weighted by atomic mass is 17.1. The molecule has 0 aliphatic heterocycles. The second-order valence-corrected chi connectivity index (χ2v) is 8.64. The summed E-state index contributed by atoms with van der Waals surface area (Å²) in [6.07, 6.45) is 8.89. The van der Waals surface area contributed by atoms with Crippen molar-refractivity contribution in [1.29, 1.82) is 0 Å². The van der Waals surface area contributed by atoms with E-state index in [1.54, 1.807) is 0 Å². The summed E-state index contributed by atoms with van der Waals surface area (Å²) in [5.74, 6) is 0.739. The molecule has 0 aromatic rings. The van der Waals surface area contributed by atoms with E-state index in [0.29, 0.717) is 11.8 Å². The van der Waals surface area contributed by atoms with Crippen LogP contribution in [0.2, 0.25) is 0 Å². The van der Waals surface area contributed by atoms with Crippen LogP contribution in [0, 0.1) is 17.3 Å². The molecule has 2 aliphatic carbocycles. The van der Waals surface area contributed by atoms with Crippen molar-refractivity contribution in [3.8, 4) is 0 Å². The van der Waals surface area contributed by atoms with Gasteiger partial charge in [-0.3, -0.25) is 5.26 Å². The molecule has 2 aliphatic rings. The largest absolute Gasteiger partial charge is 0.390 e. The summed E-state index contributed by atoms with van der Waals surface area (Å²) in [5.41, 5.74) is 1.81. The normalized spacial score (nSPS) is 37.0. The highest BCUT2D eigenvalue weighted by molar-refractivity contribution is 5.11. The lowest BCUT2D eigenvalue weighted by molar-refractivity contribution is -0.275. The maximum absolute atomic E-state index is 10.6. The van der Waals surface area contributed by atoms with Crippen LogP contribution in [-0.2, 0) is 4.89 Å². The first-order chi connectivity index (χ1) is 10.7. The molecule has 3 nitrogen and oxygen atoms in total. The van der Waals surface area contributed by atoms with Gasteiger partial charge < -0.3 is 5.11 Å². The Balaban J connectivity index is 2.32. The lowest BCUT2D eigenvalue weighted by atomic mass is 9.67. The Morgan fingerprint density at radius 1 is 1.30 bits per heavy atom. The van der Waals surface area contributed by atoms with Crippen LogP contribution in [0.4, 0.5) is 0 Å². The molecule has 0 unspecified atom stereocenters. The average molecular weight is 322 g/mol. The number of hydrogen-bond acceptors (Lipinski definition) is 3. The third kappa shape index (κ3) is 4.26. The molecule has 0 amide bonds. The van der Waals surface area contributed by atoms with Gasteiger partial charge in [-0.15, -0.1) is 0 Å². The van der Waals surface area contributed by atoms with Gasteiger partial charge in [0.2, 0.25) is 0 Å². The van der Waals surface area contributed by atoms with Gasteiger partial charge in [0.25, 0.3) is 0 Å². The molecule has 2 N–H and O–H groups in total. The van der Waals surface area contributed by atoms with Crippen molar-refractivity contribution in [2.75, 3.05) is 0 Å². The van der Waals surface area contributed by atoms with E-state index in [4.69, 9.17) is 4.89 Å². The Labute approximate surface area is 141 Å². The van der Waals surface area contributed by atoms with E-state index in [1.807, 2.05) is 13.8 Å². The Kier molecular flexibility index (Phi) is 5.76. The molecule has 0 aromatic heterocycles. The SMILES string of the molecule is C=C1CCC=C(C)CC[C@H]2[C@H](C(C)(C)O)CC[C@]2(C)C[C@@H]1OO. The molecule has 23 heavy (non-hydrogen) atoms. The Morgan fingerprint density at radius 3 is 2.61 bits per heavy atom. The van der Waals surface area contributed by atoms with E-state index in [9.17, 15) is 10.4 Å². The van der Waals surface area contributed by atoms with E-state index in [1.165, 1.54) is 5.57 Å².